The Kier molecular flexibility index (Phi) is 7.86. The molecule has 1 amide bonds. The van der Waals surface area contributed by atoms with Crippen molar-refractivity contribution in [1.82, 2.24) is 10.0 Å². The number of carbonyl (C=O) groups is 1. The number of nitrogens with one attached hydrogen (secondary N) is 2. The molecule has 8 nitrogen and oxygen atoms in total. The van der Waals surface area contributed by atoms with E-state index >= 15 is 0 Å². The van der Waals surface area contributed by atoms with Crippen molar-refractivity contribution < 1.29 is 27.4 Å². The summed E-state index contributed by atoms with van der Waals surface area (Å²) >= 11 is 0. The molecule has 0 saturated heterocycles. The maximum atomic E-state index is 12.6. The number of carbonyl (C=O) groups excluding carboxylic acids is 1. The van der Waals surface area contributed by atoms with Gasteiger partial charge >= 0.3 is 0 Å². The summed E-state index contributed by atoms with van der Waals surface area (Å²) in [5.74, 6) is 0.965. The second kappa shape index (κ2) is 10.1. The van der Waals surface area contributed by atoms with Gasteiger partial charge in [-0.1, -0.05) is 12.1 Å². The number of hydrogen-bond acceptors (Lipinski definition) is 6. The second-order valence-corrected chi connectivity index (χ2v) is 8.15. The lowest BCUT2D eigenvalue weighted by molar-refractivity contribution is 0.0940. The number of sulfonamides is 1. The number of ether oxygens (including phenoxy) is 3. The Morgan fingerprint density at radius 2 is 1.66 bits per heavy atom. The van der Waals surface area contributed by atoms with Crippen molar-refractivity contribution in [1.29, 1.82) is 0 Å². The lowest BCUT2D eigenvalue weighted by atomic mass is 10.2. The van der Waals surface area contributed by atoms with Crippen LogP contribution in [0.3, 0.4) is 0 Å². The average Bonchev–Trinajstić information content (AvgIpc) is 2.70. The maximum Gasteiger partial charge on any atom is 0.255 e. The molecule has 0 saturated carbocycles. The zero-order valence-electron chi connectivity index (χ0n) is 16.9. The van der Waals surface area contributed by atoms with Crippen molar-refractivity contribution in [3.63, 3.8) is 0 Å². The van der Waals surface area contributed by atoms with Gasteiger partial charge in [0.15, 0.2) is 11.5 Å². The van der Waals surface area contributed by atoms with Gasteiger partial charge in [-0.15, -0.1) is 0 Å². The van der Waals surface area contributed by atoms with E-state index in [0.29, 0.717) is 17.2 Å². The van der Waals surface area contributed by atoms with Crippen LogP contribution in [-0.2, 0) is 10.0 Å². The fraction of sp³-hybridized carbons (Fsp3) is 0.350. The van der Waals surface area contributed by atoms with E-state index in [1.54, 1.807) is 18.2 Å². The molecule has 2 rings (SSSR count). The molecule has 0 atom stereocenters. The first-order valence-electron chi connectivity index (χ1n) is 9.03. The molecular weight excluding hydrogens is 396 g/mol. The minimum Gasteiger partial charge on any atom is -0.496 e. The van der Waals surface area contributed by atoms with Crippen LogP contribution in [0, 0.1) is 0 Å². The number of hydrogen-bond donors (Lipinski definition) is 2. The summed E-state index contributed by atoms with van der Waals surface area (Å²) in [6.07, 6.45) is 0. The molecule has 0 unspecified atom stereocenters. The average molecular weight is 423 g/mol. The fourth-order valence-corrected chi connectivity index (χ4v) is 3.57. The lowest BCUT2D eigenvalue weighted by Crippen LogP contribution is -2.31. The Hall–Kier alpha value is -2.78. The highest BCUT2D eigenvalue weighted by atomic mass is 32.2. The Bertz CT molecular complexity index is 944. The molecule has 0 aliphatic carbocycles. The van der Waals surface area contributed by atoms with Gasteiger partial charge in [0.25, 0.3) is 5.91 Å². The molecule has 2 aromatic carbocycles. The molecular formula is C20H26N2O6S. The summed E-state index contributed by atoms with van der Waals surface area (Å²) in [6.45, 7) is 3.78. The quantitative estimate of drug-likeness (QED) is 0.569. The van der Waals surface area contributed by atoms with Crippen molar-refractivity contribution in [3.8, 4) is 17.2 Å². The van der Waals surface area contributed by atoms with Crippen LogP contribution in [0.4, 0.5) is 0 Å². The summed E-state index contributed by atoms with van der Waals surface area (Å²) in [7, 11) is -0.888. The molecule has 29 heavy (non-hydrogen) atoms. The van der Waals surface area contributed by atoms with Gasteiger partial charge in [-0.25, -0.2) is 13.1 Å². The molecule has 2 aromatic rings. The third-order valence-electron chi connectivity index (χ3n) is 3.87. The zero-order valence-corrected chi connectivity index (χ0v) is 17.7. The molecule has 0 radical (unpaired) electrons. The van der Waals surface area contributed by atoms with E-state index in [4.69, 9.17) is 14.2 Å². The highest BCUT2D eigenvalue weighted by Gasteiger charge is 2.20. The SMILES string of the molecule is COc1ccccc1OCCNS(=O)(=O)c1ccc(OC)c(C(=O)NC(C)C)c1. The Morgan fingerprint density at radius 1 is 1.00 bits per heavy atom. The number of amides is 1. The van der Waals surface area contributed by atoms with Crippen LogP contribution in [0.2, 0.25) is 0 Å². The largest absolute Gasteiger partial charge is 0.496 e. The first kappa shape index (κ1) is 22.5. The van der Waals surface area contributed by atoms with Gasteiger partial charge in [0, 0.05) is 12.6 Å². The van der Waals surface area contributed by atoms with Crippen LogP contribution >= 0.6 is 0 Å². The topological polar surface area (TPSA) is 103 Å². The standard InChI is InChI=1S/C20H26N2O6S/c1-14(2)22-20(23)16-13-15(9-10-17(16)26-3)29(24,25)21-11-12-28-19-8-6-5-7-18(19)27-4/h5-10,13-14,21H,11-12H2,1-4H3,(H,22,23). The van der Waals surface area contributed by atoms with E-state index in [1.165, 1.54) is 32.4 Å². The van der Waals surface area contributed by atoms with E-state index < -0.39 is 15.9 Å². The smallest absolute Gasteiger partial charge is 0.255 e. The number of methoxy groups -OCH3 is 2. The molecule has 2 N–H and O–H groups in total. The van der Waals surface area contributed by atoms with Gasteiger partial charge in [0.2, 0.25) is 10.0 Å². The van der Waals surface area contributed by atoms with Crippen molar-refractivity contribution >= 4 is 15.9 Å². The molecule has 0 heterocycles. The van der Waals surface area contributed by atoms with Gasteiger partial charge < -0.3 is 19.5 Å². The highest BCUT2D eigenvalue weighted by Crippen LogP contribution is 2.25. The Morgan fingerprint density at radius 3 is 2.28 bits per heavy atom. The van der Waals surface area contributed by atoms with Gasteiger partial charge in [0.1, 0.15) is 12.4 Å². The third-order valence-corrected chi connectivity index (χ3v) is 5.33. The van der Waals surface area contributed by atoms with E-state index in [2.05, 4.69) is 10.0 Å². The first-order chi connectivity index (χ1) is 13.8. The van der Waals surface area contributed by atoms with E-state index in [-0.39, 0.29) is 29.7 Å². The zero-order chi connectivity index (χ0) is 21.4. The van der Waals surface area contributed by atoms with Crippen LogP contribution < -0.4 is 24.2 Å². The molecule has 0 spiro atoms. The molecule has 158 valence electrons. The summed E-state index contributed by atoms with van der Waals surface area (Å²) in [5.41, 5.74) is 0.148. The molecule has 0 aromatic heterocycles. The van der Waals surface area contributed by atoms with Gasteiger partial charge in [-0.05, 0) is 44.2 Å². The van der Waals surface area contributed by atoms with Crippen molar-refractivity contribution in [2.75, 3.05) is 27.4 Å². The normalized spacial score (nSPS) is 11.2. The van der Waals surface area contributed by atoms with Gasteiger partial charge in [-0.2, -0.15) is 0 Å². The third kappa shape index (κ3) is 6.10. The predicted molar refractivity (Wildman–Crippen MR) is 109 cm³/mol. The van der Waals surface area contributed by atoms with E-state index in [1.807, 2.05) is 19.9 Å². The maximum absolute atomic E-state index is 12.6. The van der Waals surface area contributed by atoms with Crippen LogP contribution in [-0.4, -0.2) is 47.7 Å². The second-order valence-electron chi connectivity index (χ2n) is 6.39. The van der Waals surface area contributed by atoms with Crippen LogP contribution in [0.5, 0.6) is 17.2 Å². The van der Waals surface area contributed by atoms with Crippen molar-refractivity contribution in [2.24, 2.45) is 0 Å². The molecule has 0 fully saturated rings. The van der Waals surface area contributed by atoms with Crippen LogP contribution in [0.1, 0.15) is 24.2 Å². The minimum atomic E-state index is -3.84. The summed E-state index contributed by atoms with van der Waals surface area (Å²) in [6, 6.07) is 11.1. The Labute approximate surface area is 171 Å². The number of rotatable bonds is 10. The first-order valence-corrected chi connectivity index (χ1v) is 10.5. The van der Waals surface area contributed by atoms with Crippen LogP contribution in [0.25, 0.3) is 0 Å². The van der Waals surface area contributed by atoms with Gasteiger partial charge in [-0.3, -0.25) is 4.79 Å². The van der Waals surface area contributed by atoms with E-state index in [9.17, 15) is 13.2 Å². The summed E-state index contributed by atoms with van der Waals surface area (Å²) in [5, 5.41) is 2.73. The minimum absolute atomic E-state index is 0.0375. The van der Waals surface area contributed by atoms with Crippen molar-refractivity contribution in [3.05, 3.63) is 48.0 Å². The molecule has 0 aliphatic heterocycles. The van der Waals surface area contributed by atoms with Crippen LogP contribution in [0.15, 0.2) is 47.4 Å². The monoisotopic (exact) mass is 422 g/mol. The predicted octanol–water partition coefficient (Wildman–Crippen LogP) is 2.20. The van der Waals surface area contributed by atoms with E-state index in [0.717, 1.165) is 0 Å². The van der Waals surface area contributed by atoms with Gasteiger partial charge in [0.05, 0.1) is 24.7 Å². The number of para-hydroxylation sites is 2. The summed E-state index contributed by atoms with van der Waals surface area (Å²) in [4.78, 5) is 12.3. The highest BCUT2D eigenvalue weighted by molar-refractivity contribution is 7.89. The van der Waals surface area contributed by atoms with Crippen molar-refractivity contribution in [2.45, 2.75) is 24.8 Å². The summed E-state index contributed by atoms with van der Waals surface area (Å²) < 4.78 is 43.6. The molecule has 0 bridgehead atoms. The number of benzene rings is 2. The fourth-order valence-electron chi connectivity index (χ4n) is 2.53. The molecule has 0 aliphatic rings. The molecule has 9 heteroatoms. The Balaban J connectivity index is 2.07. The lowest BCUT2D eigenvalue weighted by Gasteiger charge is -2.14.